The van der Waals surface area contributed by atoms with E-state index in [1.807, 2.05) is 26.2 Å². The van der Waals surface area contributed by atoms with E-state index in [2.05, 4.69) is 10.1 Å². The second-order valence-electron chi connectivity index (χ2n) is 7.75. The van der Waals surface area contributed by atoms with Gasteiger partial charge in [-0.05, 0) is 32.8 Å². The molecule has 2 amide bonds. The maximum Gasteiger partial charge on any atom is 0.255 e. The van der Waals surface area contributed by atoms with Crippen molar-refractivity contribution in [1.29, 1.82) is 0 Å². The van der Waals surface area contributed by atoms with Crippen LogP contribution in [0.5, 0.6) is 0 Å². The zero-order valence-corrected chi connectivity index (χ0v) is 17.6. The van der Waals surface area contributed by atoms with Crippen molar-refractivity contribution < 1.29 is 14.1 Å². The number of amides is 2. The third kappa shape index (κ3) is 3.24. The van der Waals surface area contributed by atoms with Gasteiger partial charge in [-0.2, -0.15) is 0 Å². The lowest BCUT2D eigenvalue weighted by atomic mass is 10.0. The Morgan fingerprint density at radius 1 is 1.32 bits per heavy atom. The molecule has 1 unspecified atom stereocenters. The summed E-state index contributed by atoms with van der Waals surface area (Å²) in [5.41, 5.74) is 4.03. The zero-order chi connectivity index (χ0) is 20.0. The molecule has 150 valence electrons. The molecular formula is C20H26N4O3S. The van der Waals surface area contributed by atoms with Crippen LogP contribution in [0.15, 0.2) is 9.90 Å². The number of aromatic nitrogens is 1. The van der Waals surface area contributed by atoms with E-state index in [0.29, 0.717) is 13.1 Å². The Labute approximate surface area is 168 Å². The van der Waals surface area contributed by atoms with E-state index >= 15 is 0 Å². The molecule has 4 rings (SSSR count). The Morgan fingerprint density at radius 2 is 2.11 bits per heavy atom. The van der Waals surface area contributed by atoms with Gasteiger partial charge in [0.15, 0.2) is 0 Å². The van der Waals surface area contributed by atoms with Gasteiger partial charge in [-0.25, -0.2) is 0 Å². The molecular weight excluding hydrogens is 376 g/mol. The first-order valence-corrected chi connectivity index (χ1v) is 10.5. The molecule has 1 atom stereocenters. The Hall–Kier alpha value is -2.19. The van der Waals surface area contributed by atoms with Crippen molar-refractivity contribution in [3.8, 4) is 0 Å². The number of nitrogens with zero attached hydrogens (tertiary/aromatic N) is 4. The molecule has 0 radical (unpaired) electrons. The van der Waals surface area contributed by atoms with Crippen LogP contribution in [-0.2, 0) is 24.3 Å². The van der Waals surface area contributed by atoms with E-state index in [0.717, 1.165) is 54.2 Å². The molecule has 0 aromatic carbocycles. The number of fused-ring (bicyclic) bond motifs is 1. The van der Waals surface area contributed by atoms with E-state index in [1.165, 1.54) is 4.88 Å². The van der Waals surface area contributed by atoms with Crippen molar-refractivity contribution in [2.24, 2.45) is 0 Å². The first-order chi connectivity index (χ1) is 13.4. The Balaban J connectivity index is 1.49. The summed E-state index contributed by atoms with van der Waals surface area (Å²) in [6.45, 7) is 9.45. The van der Waals surface area contributed by atoms with Gasteiger partial charge in [0, 0.05) is 55.6 Å². The molecule has 1 saturated heterocycles. The summed E-state index contributed by atoms with van der Waals surface area (Å²) in [6.07, 6.45) is 0.847. The third-order valence-corrected chi connectivity index (χ3v) is 6.97. The van der Waals surface area contributed by atoms with Crippen LogP contribution in [0, 0.1) is 13.8 Å². The largest absolute Gasteiger partial charge is 0.361 e. The minimum absolute atomic E-state index is 0.00864. The van der Waals surface area contributed by atoms with Crippen molar-refractivity contribution in [3.63, 3.8) is 0 Å². The highest BCUT2D eigenvalue weighted by Gasteiger charge is 2.35. The first kappa shape index (κ1) is 19.1. The van der Waals surface area contributed by atoms with E-state index in [1.54, 1.807) is 28.2 Å². The number of rotatable bonds is 3. The summed E-state index contributed by atoms with van der Waals surface area (Å²) in [6, 6.07) is -0.401. The molecule has 0 saturated carbocycles. The molecule has 2 aromatic rings. The van der Waals surface area contributed by atoms with Gasteiger partial charge in [0.2, 0.25) is 5.91 Å². The van der Waals surface area contributed by atoms with E-state index < -0.39 is 6.04 Å². The molecule has 4 heterocycles. The second kappa shape index (κ2) is 7.33. The highest BCUT2D eigenvalue weighted by atomic mass is 32.1. The second-order valence-corrected chi connectivity index (χ2v) is 8.71. The monoisotopic (exact) mass is 402 g/mol. The third-order valence-electron chi connectivity index (χ3n) is 5.96. The Bertz CT molecular complexity index is 899. The molecule has 2 aliphatic rings. The molecule has 0 aliphatic carbocycles. The highest BCUT2D eigenvalue weighted by Crippen LogP contribution is 2.31. The minimum Gasteiger partial charge on any atom is -0.361 e. The normalized spacial score (nSPS) is 20.6. The van der Waals surface area contributed by atoms with Crippen LogP contribution in [0.2, 0.25) is 0 Å². The average molecular weight is 403 g/mol. The summed E-state index contributed by atoms with van der Waals surface area (Å²) in [5.74, 6) is 0.874. The predicted molar refractivity (Wildman–Crippen MR) is 106 cm³/mol. The fourth-order valence-corrected chi connectivity index (χ4v) is 5.21. The zero-order valence-electron chi connectivity index (χ0n) is 16.8. The van der Waals surface area contributed by atoms with Crippen molar-refractivity contribution >= 4 is 23.2 Å². The van der Waals surface area contributed by atoms with Crippen molar-refractivity contribution in [2.75, 3.05) is 26.7 Å². The molecule has 7 nitrogen and oxygen atoms in total. The van der Waals surface area contributed by atoms with Crippen molar-refractivity contribution in [2.45, 2.75) is 46.3 Å². The van der Waals surface area contributed by atoms with Gasteiger partial charge >= 0.3 is 0 Å². The Kier molecular flexibility index (Phi) is 5.01. The number of hydrogen-bond donors (Lipinski definition) is 0. The van der Waals surface area contributed by atoms with Gasteiger partial charge in [-0.15, -0.1) is 11.3 Å². The molecule has 0 N–H and O–H groups in total. The van der Waals surface area contributed by atoms with Crippen molar-refractivity contribution in [3.05, 3.63) is 38.4 Å². The van der Waals surface area contributed by atoms with Crippen LogP contribution in [-0.4, -0.2) is 64.4 Å². The molecule has 28 heavy (non-hydrogen) atoms. The standard InChI is InChI=1S/C20H26N4O3S/c1-12-16(14(3)27-21-12)9-23-6-5-15-17(11-28-18(15)10-23)20(26)24-8-7-22(4)19(25)13(24)2/h11,13H,5-10H2,1-4H3. The lowest BCUT2D eigenvalue weighted by Gasteiger charge is -2.37. The van der Waals surface area contributed by atoms with E-state index in [-0.39, 0.29) is 11.8 Å². The maximum absolute atomic E-state index is 13.2. The quantitative estimate of drug-likeness (QED) is 0.787. The molecule has 2 aromatic heterocycles. The number of hydrogen-bond acceptors (Lipinski definition) is 6. The van der Waals surface area contributed by atoms with Crippen LogP contribution >= 0.6 is 11.3 Å². The predicted octanol–water partition coefficient (Wildman–Crippen LogP) is 2.21. The number of aryl methyl sites for hydroxylation is 2. The maximum atomic E-state index is 13.2. The van der Waals surface area contributed by atoms with Gasteiger partial charge in [0.05, 0.1) is 11.3 Å². The van der Waals surface area contributed by atoms with E-state index in [4.69, 9.17) is 4.52 Å². The number of likely N-dealkylation sites (N-methyl/N-ethyl adjacent to an activating group) is 1. The highest BCUT2D eigenvalue weighted by molar-refractivity contribution is 7.10. The molecule has 0 bridgehead atoms. The summed E-state index contributed by atoms with van der Waals surface area (Å²) in [4.78, 5) is 32.5. The summed E-state index contributed by atoms with van der Waals surface area (Å²) < 4.78 is 5.28. The average Bonchev–Trinajstić information content (AvgIpc) is 3.24. The van der Waals surface area contributed by atoms with Crippen LogP contribution < -0.4 is 0 Å². The van der Waals surface area contributed by atoms with E-state index in [9.17, 15) is 9.59 Å². The van der Waals surface area contributed by atoms with Crippen LogP contribution in [0.1, 0.15) is 44.7 Å². The smallest absolute Gasteiger partial charge is 0.255 e. The fraction of sp³-hybridized carbons (Fsp3) is 0.550. The van der Waals surface area contributed by atoms with Gasteiger partial charge in [0.25, 0.3) is 5.91 Å². The van der Waals surface area contributed by atoms with Crippen LogP contribution in [0.4, 0.5) is 0 Å². The lowest BCUT2D eigenvalue weighted by molar-refractivity contribution is -0.137. The van der Waals surface area contributed by atoms with Gasteiger partial charge in [-0.1, -0.05) is 5.16 Å². The first-order valence-electron chi connectivity index (χ1n) is 9.66. The van der Waals surface area contributed by atoms with Gasteiger partial charge < -0.3 is 14.3 Å². The topological polar surface area (TPSA) is 69.9 Å². The van der Waals surface area contributed by atoms with Crippen molar-refractivity contribution in [1.82, 2.24) is 19.9 Å². The fourth-order valence-electron chi connectivity index (χ4n) is 4.09. The summed E-state index contributed by atoms with van der Waals surface area (Å²) in [5, 5.41) is 6.02. The van der Waals surface area contributed by atoms with Gasteiger partial charge in [0.1, 0.15) is 11.8 Å². The number of carbonyl (C=O) groups excluding carboxylic acids is 2. The molecule has 0 spiro atoms. The number of thiophene rings is 1. The number of piperazine rings is 1. The SMILES string of the molecule is Cc1noc(C)c1CN1CCc2c(C(=O)N3CCN(C)C(=O)C3C)csc2C1. The molecule has 2 aliphatic heterocycles. The lowest BCUT2D eigenvalue weighted by Crippen LogP contribution is -2.56. The number of carbonyl (C=O) groups is 2. The minimum atomic E-state index is -0.401. The van der Waals surface area contributed by atoms with Gasteiger partial charge in [-0.3, -0.25) is 14.5 Å². The van der Waals surface area contributed by atoms with Crippen LogP contribution in [0.3, 0.4) is 0 Å². The molecule has 8 heteroatoms. The molecule has 1 fully saturated rings. The Morgan fingerprint density at radius 3 is 2.82 bits per heavy atom. The van der Waals surface area contributed by atoms with Crippen LogP contribution in [0.25, 0.3) is 0 Å². The summed E-state index contributed by atoms with van der Waals surface area (Å²) >= 11 is 1.65. The summed E-state index contributed by atoms with van der Waals surface area (Å²) in [7, 11) is 1.79.